The molecular weight excluding hydrogens is 519 g/mol. The van der Waals surface area contributed by atoms with Crippen LogP contribution in [0, 0.1) is 0 Å². The van der Waals surface area contributed by atoms with Crippen molar-refractivity contribution >= 4 is 45.1 Å². The lowest BCUT2D eigenvalue weighted by Crippen LogP contribution is -2.51. The number of nitrogens with zero attached hydrogens (tertiary/aromatic N) is 1. The first-order valence-corrected chi connectivity index (χ1v) is 13.0. The zero-order valence-corrected chi connectivity index (χ0v) is 21.3. The van der Waals surface area contributed by atoms with Gasteiger partial charge in [-0.3, -0.25) is 4.79 Å². The number of carboxylic acid groups (broad SMARTS) is 1. The van der Waals surface area contributed by atoms with Crippen molar-refractivity contribution in [2.24, 2.45) is 0 Å². The lowest BCUT2D eigenvalue weighted by atomic mass is 10.1. The molecule has 0 bridgehead atoms. The number of carbonyl (C=O) groups is 2. The standard InChI is InChI=1S/C23H26Cl2N2O7S/c1-33-9-10-34-18-6-4-15(5-7-18)11-20(23(29)30)26-22(28)21-3-2-8-27(21)35(31,32)19-13-16(24)12-17(25)14-19/h4-7,12-14,20-21H,2-3,8-11H2,1H3,(H,26,28)(H,29,30)/t20-,21-/m0/s1. The maximum absolute atomic E-state index is 13.2. The van der Waals surface area contributed by atoms with Crippen LogP contribution in [0.25, 0.3) is 0 Å². The van der Waals surface area contributed by atoms with Crippen molar-refractivity contribution in [1.29, 1.82) is 0 Å². The SMILES string of the molecule is COCCOc1ccc(C[C@H](NC(=O)[C@@H]2CCCN2S(=O)(=O)c2cc(Cl)cc(Cl)c2)C(=O)O)cc1. The van der Waals surface area contributed by atoms with E-state index in [1.807, 2.05) is 0 Å². The summed E-state index contributed by atoms with van der Waals surface area (Å²) in [6.45, 7) is 0.936. The molecule has 2 aromatic carbocycles. The lowest BCUT2D eigenvalue weighted by Gasteiger charge is -2.25. The van der Waals surface area contributed by atoms with Gasteiger partial charge >= 0.3 is 5.97 Å². The van der Waals surface area contributed by atoms with E-state index >= 15 is 0 Å². The van der Waals surface area contributed by atoms with Crippen molar-refractivity contribution in [3.8, 4) is 5.75 Å². The summed E-state index contributed by atoms with van der Waals surface area (Å²) in [4.78, 5) is 24.7. The number of halogens is 2. The molecular formula is C23H26Cl2N2O7S. The highest BCUT2D eigenvalue weighted by atomic mass is 35.5. The Morgan fingerprint density at radius 3 is 2.40 bits per heavy atom. The van der Waals surface area contributed by atoms with E-state index in [2.05, 4.69) is 5.32 Å². The fraction of sp³-hybridized carbons (Fsp3) is 0.391. The Bertz CT molecular complexity index is 1140. The number of benzene rings is 2. The van der Waals surface area contributed by atoms with Gasteiger partial charge in [0.15, 0.2) is 0 Å². The van der Waals surface area contributed by atoms with Gasteiger partial charge in [0.25, 0.3) is 0 Å². The topological polar surface area (TPSA) is 122 Å². The molecule has 2 N–H and O–H groups in total. The third-order valence-corrected chi connectivity index (χ3v) is 7.81. The van der Waals surface area contributed by atoms with Gasteiger partial charge in [0, 0.05) is 30.1 Å². The van der Waals surface area contributed by atoms with Crippen molar-refractivity contribution in [2.75, 3.05) is 26.9 Å². The van der Waals surface area contributed by atoms with Crippen molar-refractivity contribution < 1.29 is 32.6 Å². The van der Waals surface area contributed by atoms with Crippen LogP contribution in [-0.2, 0) is 30.8 Å². The molecule has 3 rings (SSSR count). The zero-order valence-electron chi connectivity index (χ0n) is 18.9. The fourth-order valence-corrected chi connectivity index (χ4v) is 6.15. The first-order valence-electron chi connectivity index (χ1n) is 10.8. The maximum Gasteiger partial charge on any atom is 0.326 e. The number of methoxy groups -OCH3 is 1. The Labute approximate surface area is 214 Å². The van der Waals surface area contributed by atoms with E-state index in [4.69, 9.17) is 32.7 Å². The first-order chi connectivity index (χ1) is 16.6. The number of aliphatic carboxylic acids is 1. The number of carbonyl (C=O) groups excluding carboxylic acids is 1. The Balaban J connectivity index is 1.70. The second-order valence-corrected chi connectivity index (χ2v) is 10.7. The van der Waals surface area contributed by atoms with E-state index < -0.39 is 34.0 Å². The van der Waals surface area contributed by atoms with Crippen LogP contribution in [0.4, 0.5) is 0 Å². The molecule has 0 aromatic heterocycles. The molecule has 2 aromatic rings. The number of amides is 1. The maximum atomic E-state index is 13.2. The predicted molar refractivity (Wildman–Crippen MR) is 130 cm³/mol. The van der Waals surface area contributed by atoms with Crippen molar-refractivity contribution in [3.63, 3.8) is 0 Å². The Kier molecular flexibility index (Phi) is 9.37. The summed E-state index contributed by atoms with van der Waals surface area (Å²) in [6, 6.07) is 8.47. The van der Waals surface area contributed by atoms with Gasteiger partial charge < -0.3 is 19.9 Å². The summed E-state index contributed by atoms with van der Waals surface area (Å²) >= 11 is 11.9. The molecule has 1 saturated heterocycles. The van der Waals surface area contributed by atoms with Gasteiger partial charge in [-0.25, -0.2) is 13.2 Å². The minimum Gasteiger partial charge on any atom is -0.491 e. The van der Waals surface area contributed by atoms with Gasteiger partial charge in [0.2, 0.25) is 15.9 Å². The normalized spacial score (nSPS) is 17.2. The van der Waals surface area contributed by atoms with E-state index in [1.54, 1.807) is 31.4 Å². The highest BCUT2D eigenvalue weighted by Crippen LogP contribution is 2.30. The first kappa shape index (κ1) is 27.2. The molecule has 2 atom stereocenters. The molecule has 1 aliphatic rings. The third-order valence-electron chi connectivity index (χ3n) is 5.48. The fourth-order valence-electron chi connectivity index (χ4n) is 3.77. The molecule has 0 radical (unpaired) electrons. The highest BCUT2D eigenvalue weighted by Gasteiger charge is 2.40. The number of carboxylic acids is 1. The molecule has 35 heavy (non-hydrogen) atoms. The summed E-state index contributed by atoms with van der Waals surface area (Å²) in [5.41, 5.74) is 0.668. The Morgan fingerprint density at radius 2 is 1.80 bits per heavy atom. The van der Waals surface area contributed by atoms with Crippen LogP contribution in [-0.4, -0.2) is 68.7 Å². The van der Waals surface area contributed by atoms with Gasteiger partial charge in [0.05, 0.1) is 11.5 Å². The number of ether oxygens (including phenoxy) is 2. The minimum absolute atomic E-state index is 0.0167. The third kappa shape index (κ3) is 7.08. The average Bonchev–Trinajstić information content (AvgIpc) is 3.30. The van der Waals surface area contributed by atoms with E-state index in [0.29, 0.717) is 30.9 Å². The molecule has 12 heteroatoms. The van der Waals surface area contributed by atoms with E-state index in [9.17, 15) is 23.1 Å². The van der Waals surface area contributed by atoms with Gasteiger partial charge in [-0.1, -0.05) is 35.3 Å². The molecule has 0 saturated carbocycles. The predicted octanol–water partition coefficient (Wildman–Crippen LogP) is 2.98. The monoisotopic (exact) mass is 544 g/mol. The molecule has 1 heterocycles. The molecule has 190 valence electrons. The second kappa shape index (κ2) is 12.0. The van der Waals surface area contributed by atoms with Crippen LogP contribution < -0.4 is 10.1 Å². The smallest absolute Gasteiger partial charge is 0.326 e. The van der Waals surface area contributed by atoms with Crippen LogP contribution in [0.3, 0.4) is 0 Å². The minimum atomic E-state index is -4.07. The Morgan fingerprint density at radius 1 is 1.14 bits per heavy atom. The van der Waals surface area contributed by atoms with Crippen LogP contribution in [0.1, 0.15) is 18.4 Å². The quantitative estimate of drug-likeness (QED) is 0.417. The summed E-state index contributed by atoms with van der Waals surface area (Å²) < 4.78 is 37.8. The second-order valence-electron chi connectivity index (χ2n) is 7.97. The number of nitrogens with one attached hydrogen (secondary N) is 1. The van der Waals surface area contributed by atoms with Crippen molar-refractivity contribution in [1.82, 2.24) is 9.62 Å². The summed E-state index contributed by atoms with van der Waals surface area (Å²) in [7, 11) is -2.50. The number of hydrogen-bond donors (Lipinski definition) is 2. The summed E-state index contributed by atoms with van der Waals surface area (Å²) in [5.74, 6) is -1.30. The molecule has 1 amide bonds. The summed E-state index contributed by atoms with van der Waals surface area (Å²) in [5, 5.41) is 12.5. The highest BCUT2D eigenvalue weighted by molar-refractivity contribution is 7.89. The number of sulfonamides is 1. The zero-order chi connectivity index (χ0) is 25.6. The van der Waals surface area contributed by atoms with Crippen molar-refractivity contribution in [3.05, 3.63) is 58.1 Å². The number of rotatable bonds is 11. The largest absolute Gasteiger partial charge is 0.491 e. The molecule has 1 fully saturated rings. The molecule has 0 spiro atoms. The summed E-state index contributed by atoms with van der Waals surface area (Å²) in [6.07, 6.45) is 0.732. The Hall–Kier alpha value is -2.37. The lowest BCUT2D eigenvalue weighted by molar-refractivity contribution is -0.142. The number of hydrogen-bond acceptors (Lipinski definition) is 6. The van der Waals surface area contributed by atoms with Gasteiger partial charge in [-0.15, -0.1) is 0 Å². The van der Waals surface area contributed by atoms with Crippen LogP contribution in [0.2, 0.25) is 10.0 Å². The molecule has 9 nitrogen and oxygen atoms in total. The van der Waals surface area contributed by atoms with E-state index in [0.717, 1.165) is 4.31 Å². The van der Waals surface area contributed by atoms with E-state index in [1.165, 1.54) is 18.2 Å². The van der Waals surface area contributed by atoms with E-state index in [-0.39, 0.29) is 34.3 Å². The van der Waals surface area contributed by atoms with Crippen molar-refractivity contribution in [2.45, 2.75) is 36.2 Å². The molecule has 0 unspecified atom stereocenters. The van der Waals surface area contributed by atoms with Gasteiger partial charge in [-0.2, -0.15) is 4.31 Å². The van der Waals surface area contributed by atoms with Crippen LogP contribution in [0.15, 0.2) is 47.4 Å². The van der Waals surface area contributed by atoms with Crippen LogP contribution in [0.5, 0.6) is 5.75 Å². The molecule has 1 aliphatic heterocycles. The average molecular weight is 545 g/mol. The molecule has 0 aliphatic carbocycles. The van der Waals surface area contributed by atoms with Gasteiger partial charge in [-0.05, 0) is 48.7 Å². The van der Waals surface area contributed by atoms with Gasteiger partial charge in [0.1, 0.15) is 24.4 Å². The van der Waals surface area contributed by atoms with Crippen LogP contribution >= 0.6 is 23.2 Å².